The van der Waals surface area contributed by atoms with Gasteiger partial charge in [0, 0.05) is 23.5 Å². The van der Waals surface area contributed by atoms with Crippen LogP contribution in [0.5, 0.6) is 0 Å². The first-order valence-electron chi connectivity index (χ1n) is 7.04. The molecule has 1 amide bonds. The third kappa shape index (κ3) is 4.21. The van der Waals surface area contributed by atoms with E-state index in [1.165, 1.54) is 0 Å². The number of rotatable bonds is 6. The molecule has 0 spiro atoms. The molecule has 1 aromatic carbocycles. The molecule has 0 unspecified atom stereocenters. The summed E-state index contributed by atoms with van der Waals surface area (Å²) in [6.07, 6.45) is 0. The Morgan fingerprint density at radius 1 is 1.23 bits per heavy atom. The molecule has 2 aromatic rings. The summed E-state index contributed by atoms with van der Waals surface area (Å²) in [5.74, 6) is 0.728. The predicted octanol–water partition coefficient (Wildman–Crippen LogP) is 3.90. The van der Waals surface area contributed by atoms with E-state index in [9.17, 15) is 4.79 Å². The number of ether oxygens (including phenoxy) is 1. The van der Waals surface area contributed by atoms with Gasteiger partial charge in [0.2, 0.25) is 0 Å². The minimum Gasteiger partial charge on any atom is -0.453 e. The van der Waals surface area contributed by atoms with Crippen molar-refractivity contribution in [3.8, 4) is 0 Å². The largest absolute Gasteiger partial charge is 0.453 e. The van der Waals surface area contributed by atoms with Gasteiger partial charge in [-0.15, -0.1) is 0 Å². The van der Waals surface area contributed by atoms with Crippen molar-refractivity contribution in [2.45, 2.75) is 25.9 Å². The van der Waals surface area contributed by atoms with E-state index in [1.807, 2.05) is 12.1 Å². The summed E-state index contributed by atoms with van der Waals surface area (Å²) in [5, 5.41) is 2.92. The third-order valence-electron chi connectivity index (χ3n) is 3.49. The molecule has 0 saturated heterocycles. The minimum absolute atomic E-state index is 0.168. The molecule has 2 rings (SSSR count). The Bertz CT molecular complexity index is 632. The molecule has 0 saturated carbocycles. The molecule has 1 aromatic heterocycles. The van der Waals surface area contributed by atoms with Crippen molar-refractivity contribution >= 4 is 21.8 Å². The van der Waals surface area contributed by atoms with E-state index in [2.05, 4.69) is 47.2 Å². The van der Waals surface area contributed by atoms with Crippen molar-refractivity contribution in [1.82, 2.24) is 5.32 Å². The van der Waals surface area contributed by atoms with Gasteiger partial charge in [0.05, 0.1) is 0 Å². The Morgan fingerprint density at radius 3 is 2.55 bits per heavy atom. The number of methoxy groups -OCH3 is 1. The van der Waals surface area contributed by atoms with Gasteiger partial charge in [0.25, 0.3) is 5.91 Å². The molecule has 1 N–H and O–H groups in total. The van der Waals surface area contributed by atoms with Gasteiger partial charge in [0.1, 0.15) is 12.4 Å². The average Bonchev–Trinajstić information content (AvgIpc) is 2.94. The number of halogens is 1. The van der Waals surface area contributed by atoms with Crippen molar-refractivity contribution in [2.75, 3.05) is 13.7 Å². The van der Waals surface area contributed by atoms with Crippen LogP contribution in [0.4, 0.5) is 0 Å². The Morgan fingerprint density at radius 2 is 1.91 bits per heavy atom. The zero-order valence-corrected chi connectivity index (χ0v) is 14.6. The van der Waals surface area contributed by atoms with E-state index < -0.39 is 0 Å². The lowest BCUT2D eigenvalue weighted by atomic mass is 9.84. The van der Waals surface area contributed by atoms with E-state index in [-0.39, 0.29) is 11.3 Å². The third-order valence-corrected chi connectivity index (χ3v) is 4.02. The monoisotopic (exact) mass is 365 g/mol. The molecule has 0 aliphatic carbocycles. The maximum absolute atomic E-state index is 12.1. The van der Waals surface area contributed by atoms with Crippen molar-refractivity contribution in [1.29, 1.82) is 0 Å². The summed E-state index contributed by atoms with van der Waals surface area (Å²) >= 11 is 3.43. The molecule has 1 heterocycles. The summed E-state index contributed by atoms with van der Waals surface area (Å²) in [6, 6.07) is 11.5. The maximum atomic E-state index is 12.1. The fourth-order valence-corrected chi connectivity index (χ4v) is 2.38. The SMILES string of the molecule is COCc1ccc(C(=O)NCC(C)(C)c2ccc(Br)cc2)o1. The molecule has 0 aliphatic heterocycles. The molecular weight excluding hydrogens is 346 g/mol. The molecule has 0 bridgehead atoms. The van der Waals surface area contributed by atoms with Crippen molar-refractivity contribution < 1.29 is 13.9 Å². The van der Waals surface area contributed by atoms with Gasteiger partial charge in [-0.2, -0.15) is 0 Å². The highest BCUT2D eigenvalue weighted by Gasteiger charge is 2.22. The van der Waals surface area contributed by atoms with E-state index in [1.54, 1.807) is 19.2 Å². The number of furan rings is 1. The zero-order valence-electron chi connectivity index (χ0n) is 13.0. The molecule has 5 heteroatoms. The van der Waals surface area contributed by atoms with Gasteiger partial charge in [-0.05, 0) is 29.8 Å². The van der Waals surface area contributed by atoms with Crippen LogP contribution in [-0.2, 0) is 16.8 Å². The van der Waals surface area contributed by atoms with E-state index in [0.29, 0.717) is 24.7 Å². The van der Waals surface area contributed by atoms with Gasteiger partial charge in [-0.25, -0.2) is 0 Å². The second kappa shape index (κ2) is 7.11. The first kappa shape index (κ1) is 16.8. The lowest BCUT2D eigenvalue weighted by Gasteiger charge is -2.25. The van der Waals surface area contributed by atoms with Crippen LogP contribution in [0.25, 0.3) is 0 Å². The predicted molar refractivity (Wildman–Crippen MR) is 88.9 cm³/mol. The lowest BCUT2D eigenvalue weighted by Crippen LogP contribution is -2.36. The maximum Gasteiger partial charge on any atom is 0.287 e. The Labute approximate surface area is 139 Å². The summed E-state index contributed by atoms with van der Waals surface area (Å²) in [5.41, 5.74) is 0.994. The number of carbonyl (C=O) groups is 1. The molecular formula is C17H20BrNO3. The van der Waals surface area contributed by atoms with Crippen LogP contribution in [0.3, 0.4) is 0 Å². The smallest absolute Gasteiger partial charge is 0.287 e. The van der Waals surface area contributed by atoms with Gasteiger partial charge in [-0.1, -0.05) is 41.9 Å². The van der Waals surface area contributed by atoms with Crippen LogP contribution < -0.4 is 5.32 Å². The molecule has 0 atom stereocenters. The Kier molecular flexibility index (Phi) is 5.42. The molecule has 22 heavy (non-hydrogen) atoms. The van der Waals surface area contributed by atoms with Crippen LogP contribution in [0.15, 0.2) is 45.3 Å². The van der Waals surface area contributed by atoms with Crippen LogP contribution in [0.2, 0.25) is 0 Å². The summed E-state index contributed by atoms with van der Waals surface area (Å²) in [7, 11) is 1.59. The fourth-order valence-electron chi connectivity index (χ4n) is 2.11. The first-order chi connectivity index (χ1) is 10.4. The second-order valence-electron chi connectivity index (χ2n) is 5.77. The highest BCUT2D eigenvalue weighted by atomic mass is 79.9. The molecule has 0 fully saturated rings. The zero-order chi connectivity index (χ0) is 16.2. The highest BCUT2D eigenvalue weighted by molar-refractivity contribution is 9.10. The van der Waals surface area contributed by atoms with Gasteiger partial charge < -0.3 is 14.5 Å². The quantitative estimate of drug-likeness (QED) is 0.844. The van der Waals surface area contributed by atoms with Crippen LogP contribution in [0, 0.1) is 0 Å². The normalized spacial score (nSPS) is 11.5. The van der Waals surface area contributed by atoms with E-state index in [4.69, 9.17) is 9.15 Å². The number of hydrogen-bond acceptors (Lipinski definition) is 3. The standard InChI is InChI=1S/C17H20BrNO3/c1-17(2,12-4-6-13(18)7-5-12)11-19-16(20)15-9-8-14(22-15)10-21-3/h4-9H,10-11H2,1-3H3,(H,19,20). The van der Waals surface area contributed by atoms with Crippen molar-refractivity contribution in [2.24, 2.45) is 0 Å². The first-order valence-corrected chi connectivity index (χ1v) is 7.83. The number of amides is 1. The average molecular weight is 366 g/mol. The molecule has 0 aliphatic rings. The summed E-state index contributed by atoms with van der Waals surface area (Å²) in [4.78, 5) is 12.1. The molecule has 4 nitrogen and oxygen atoms in total. The second-order valence-corrected chi connectivity index (χ2v) is 6.69. The number of nitrogens with one attached hydrogen (secondary N) is 1. The minimum atomic E-state index is -0.215. The summed E-state index contributed by atoms with van der Waals surface area (Å²) < 4.78 is 11.4. The number of carbonyl (C=O) groups excluding carboxylic acids is 1. The Hall–Kier alpha value is -1.59. The van der Waals surface area contributed by atoms with Crippen LogP contribution >= 0.6 is 15.9 Å². The number of hydrogen-bond donors (Lipinski definition) is 1. The van der Waals surface area contributed by atoms with Crippen LogP contribution in [0.1, 0.15) is 35.7 Å². The van der Waals surface area contributed by atoms with Gasteiger partial charge in [0.15, 0.2) is 5.76 Å². The number of benzene rings is 1. The van der Waals surface area contributed by atoms with E-state index >= 15 is 0 Å². The fraction of sp³-hybridized carbons (Fsp3) is 0.353. The highest BCUT2D eigenvalue weighted by Crippen LogP contribution is 2.24. The molecule has 118 valence electrons. The van der Waals surface area contributed by atoms with E-state index in [0.717, 1.165) is 10.0 Å². The van der Waals surface area contributed by atoms with Crippen molar-refractivity contribution in [3.05, 3.63) is 58.0 Å². The van der Waals surface area contributed by atoms with Crippen LogP contribution in [-0.4, -0.2) is 19.6 Å². The van der Waals surface area contributed by atoms with Gasteiger partial charge in [-0.3, -0.25) is 4.79 Å². The van der Waals surface area contributed by atoms with Crippen molar-refractivity contribution in [3.63, 3.8) is 0 Å². The topological polar surface area (TPSA) is 51.5 Å². The molecule has 0 radical (unpaired) electrons. The Balaban J connectivity index is 1.98. The lowest BCUT2D eigenvalue weighted by molar-refractivity contribution is 0.0909. The van der Waals surface area contributed by atoms with Gasteiger partial charge >= 0.3 is 0 Å². The summed E-state index contributed by atoms with van der Waals surface area (Å²) in [6.45, 7) is 5.06.